The second-order valence-corrected chi connectivity index (χ2v) is 8.84. The molecule has 12 heteroatoms. The number of alkyl halides is 3. The van der Waals surface area contributed by atoms with Crippen LogP contribution in [0.2, 0.25) is 5.02 Å². The van der Waals surface area contributed by atoms with Crippen molar-refractivity contribution in [3.05, 3.63) is 89.2 Å². The molecule has 1 N–H and O–H groups in total. The van der Waals surface area contributed by atoms with E-state index in [1.54, 1.807) is 24.4 Å². The predicted molar refractivity (Wildman–Crippen MR) is 117 cm³/mol. The van der Waals surface area contributed by atoms with Crippen molar-refractivity contribution >= 4 is 39.4 Å². The molecule has 0 atom stereocenters. The fourth-order valence-electron chi connectivity index (χ4n) is 2.72. The molecule has 7 nitrogen and oxygen atoms in total. The third kappa shape index (κ3) is 6.08. The van der Waals surface area contributed by atoms with Gasteiger partial charge >= 0.3 is 6.18 Å². The van der Waals surface area contributed by atoms with E-state index in [9.17, 15) is 26.4 Å². The summed E-state index contributed by atoms with van der Waals surface area (Å²) in [5, 5.41) is 3.12. The molecular formula is C21H16ClF3N4O3S. The lowest BCUT2D eigenvalue weighted by atomic mass is 10.2. The van der Waals surface area contributed by atoms with Crippen molar-refractivity contribution in [3.8, 4) is 0 Å². The van der Waals surface area contributed by atoms with Gasteiger partial charge in [-0.2, -0.15) is 18.3 Å². The van der Waals surface area contributed by atoms with Crippen LogP contribution in [0.15, 0.2) is 83.1 Å². The molecule has 3 aromatic rings. The second-order valence-electron chi connectivity index (χ2n) is 6.57. The molecule has 172 valence electrons. The van der Waals surface area contributed by atoms with Gasteiger partial charge in [0.1, 0.15) is 6.54 Å². The molecule has 0 aliphatic rings. The molecule has 0 radical (unpaired) electrons. The van der Waals surface area contributed by atoms with Gasteiger partial charge in [-0.25, -0.2) is 13.8 Å². The van der Waals surface area contributed by atoms with Crippen molar-refractivity contribution in [2.75, 3.05) is 10.8 Å². The third-order valence-corrected chi connectivity index (χ3v) is 6.37. The highest BCUT2D eigenvalue weighted by Crippen LogP contribution is 2.37. The van der Waals surface area contributed by atoms with Crippen LogP contribution in [0.4, 0.5) is 18.9 Å². The maximum Gasteiger partial charge on any atom is 0.417 e. The normalized spacial score (nSPS) is 12.0. The average Bonchev–Trinajstić information content (AvgIpc) is 2.78. The highest BCUT2D eigenvalue weighted by molar-refractivity contribution is 7.92. The summed E-state index contributed by atoms with van der Waals surface area (Å²) < 4.78 is 67.0. The fourth-order valence-corrected chi connectivity index (χ4v) is 4.38. The standard InChI is InChI=1S/C21H16ClF3N4O3S/c22-19-9-8-16(11-18(19)21(23,24)25)29(33(31,32)17-6-2-1-3-7-17)14-20(30)28-27-13-15-5-4-10-26-12-15/h1-13H,14H2,(H,28,30)/b27-13+. The Labute approximate surface area is 192 Å². The second kappa shape index (κ2) is 10.0. The Morgan fingerprint density at radius 2 is 1.85 bits per heavy atom. The van der Waals surface area contributed by atoms with E-state index >= 15 is 0 Å². The van der Waals surface area contributed by atoms with Gasteiger partial charge in [0.25, 0.3) is 15.9 Å². The number of rotatable bonds is 7. The molecular weight excluding hydrogens is 481 g/mol. The van der Waals surface area contributed by atoms with E-state index in [0.29, 0.717) is 15.9 Å². The number of nitrogens with one attached hydrogen (secondary N) is 1. The van der Waals surface area contributed by atoms with E-state index in [0.717, 1.165) is 12.1 Å². The van der Waals surface area contributed by atoms with Gasteiger partial charge in [-0.1, -0.05) is 35.9 Å². The van der Waals surface area contributed by atoms with E-state index in [-0.39, 0.29) is 10.6 Å². The van der Waals surface area contributed by atoms with Gasteiger partial charge in [-0.05, 0) is 36.4 Å². The zero-order valence-electron chi connectivity index (χ0n) is 16.7. The Balaban J connectivity index is 1.95. The number of hydrogen-bond acceptors (Lipinski definition) is 5. The Bertz CT molecular complexity index is 1250. The highest BCUT2D eigenvalue weighted by Gasteiger charge is 2.35. The molecule has 0 saturated heterocycles. The topological polar surface area (TPSA) is 91.7 Å². The van der Waals surface area contributed by atoms with Gasteiger partial charge in [0.05, 0.1) is 27.4 Å². The molecule has 0 aliphatic carbocycles. The fraction of sp³-hybridized carbons (Fsp3) is 0.0952. The van der Waals surface area contributed by atoms with Gasteiger partial charge in [0.2, 0.25) is 0 Å². The largest absolute Gasteiger partial charge is 0.417 e. The first kappa shape index (κ1) is 24.2. The number of hydrazone groups is 1. The lowest BCUT2D eigenvalue weighted by Crippen LogP contribution is -2.39. The van der Waals surface area contributed by atoms with Crippen LogP contribution in [0.1, 0.15) is 11.1 Å². The van der Waals surface area contributed by atoms with E-state index in [2.05, 4.69) is 15.5 Å². The van der Waals surface area contributed by atoms with Gasteiger partial charge in [-0.3, -0.25) is 14.1 Å². The summed E-state index contributed by atoms with van der Waals surface area (Å²) in [5.41, 5.74) is 1.11. The molecule has 1 amide bonds. The summed E-state index contributed by atoms with van der Waals surface area (Å²) in [5.74, 6) is -0.877. The maximum atomic E-state index is 13.3. The SMILES string of the molecule is O=C(CN(c1ccc(Cl)c(C(F)(F)F)c1)S(=O)(=O)c1ccccc1)N/N=C/c1cccnc1. The Morgan fingerprint density at radius 1 is 1.12 bits per heavy atom. The number of nitrogens with zero attached hydrogens (tertiary/aromatic N) is 3. The first-order chi connectivity index (χ1) is 15.6. The molecule has 3 rings (SSSR count). The quantitative estimate of drug-likeness (QED) is 0.394. The average molecular weight is 497 g/mol. The molecule has 0 spiro atoms. The van der Waals surface area contributed by atoms with E-state index in [4.69, 9.17) is 11.6 Å². The highest BCUT2D eigenvalue weighted by atomic mass is 35.5. The monoisotopic (exact) mass is 496 g/mol. The number of carbonyl (C=O) groups is 1. The predicted octanol–water partition coefficient (Wildman–Crippen LogP) is 4.10. The lowest BCUT2D eigenvalue weighted by molar-refractivity contribution is -0.137. The number of amides is 1. The molecule has 0 saturated carbocycles. The van der Waals surface area contributed by atoms with E-state index in [1.807, 2.05) is 0 Å². The molecule has 0 fully saturated rings. The molecule has 33 heavy (non-hydrogen) atoms. The molecule has 2 aromatic carbocycles. The van der Waals surface area contributed by atoms with Crippen LogP contribution in [0.5, 0.6) is 0 Å². The van der Waals surface area contributed by atoms with Crippen LogP contribution in [-0.2, 0) is 21.0 Å². The minimum absolute atomic E-state index is 0.208. The first-order valence-corrected chi connectivity index (χ1v) is 11.1. The zero-order chi connectivity index (χ0) is 24.1. The molecule has 1 aromatic heterocycles. The summed E-state index contributed by atoms with van der Waals surface area (Å²) in [6, 6.07) is 12.9. The minimum Gasteiger partial charge on any atom is -0.271 e. The summed E-state index contributed by atoms with van der Waals surface area (Å²) in [7, 11) is -4.40. The number of anilines is 1. The Kier molecular flexibility index (Phi) is 7.34. The number of sulfonamides is 1. The minimum atomic E-state index is -4.83. The summed E-state index contributed by atoms with van der Waals surface area (Å²) in [6.07, 6.45) is -0.520. The summed E-state index contributed by atoms with van der Waals surface area (Å²) in [4.78, 5) is 16.1. The number of carbonyl (C=O) groups excluding carboxylic acids is 1. The van der Waals surface area contributed by atoms with Crippen molar-refractivity contribution in [2.24, 2.45) is 5.10 Å². The van der Waals surface area contributed by atoms with Gasteiger partial charge < -0.3 is 0 Å². The van der Waals surface area contributed by atoms with E-state index in [1.165, 1.54) is 36.7 Å². The smallest absolute Gasteiger partial charge is 0.271 e. The van der Waals surface area contributed by atoms with Gasteiger partial charge in [0.15, 0.2) is 0 Å². The Hall–Kier alpha value is -3.44. The van der Waals surface area contributed by atoms with Crippen molar-refractivity contribution in [1.29, 1.82) is 0 Å². The first-order valence-electron chi connectivity index (χ1n) is 9.25. The number of benzene rings is 2. The van der Waals surface area contributed by atoms with Crippen molar-refractivity contribution < 1.29 is 26.4 Å². The van der Waals surface area contributed by atoms with Crippen LogP contribution in [0.3, 0.4) is 0 Å². The number of aromatic nitrogens is 1. The van der Waals surface area contributed by atoms with Crippen LogP contribution in [-0.4, -0.2) is 32.1 Å². The lowest BCUT2D eigenvalue weighted by Gasteiger charge is -2.24. The number of pyridine rings is 1. The zero-order valence-corrected chi connectivity index (χ0v) is 18.3. The van der Waals surface area contributed by atoms with Crippen molar-refractivity contribution in [2.45, 2.75) is 11.1 Å². The van der Waals surface area contributed by atoms with Gasteiger partial charge in [0, 0.05) is 18.0 Å². The number of halogens is 4. The van der Waals surface area contributed by atoms with Crippen molar-refractivity contribution in [3.63, 3.8) is 0 Å². The van der Waals surface area contributed by atoms with Crippen molar-refractivity contribution in [1.82, 2.24) is 10.4 Å². The molecule has 0 aliphatic heterocycles. The van der Waals surface area contributed by atoms with E-state index < -0.39 is 39.2 Å². The Morgan fingerprint density at radius 3 is 2.48 bits per heavy atom. The third-order valence-electron chi connectivity index (χ3n) is 4.25. The van der Waals surface area contributed by atoms with Crippen LogP contribution in [0.25, 0.3) is 0 Å². The van der Waals surface area contributed by atoms with Crippen LogP contribution >= 0.6 is 11.6 Å². The van der Waals surface area contributed by atoms with Gasteiger partial charge in [-0.15, -0.1) is 0 Å². The van der Waals surface area contributed by atoms with Crippen LogP contribution in [0, 0.1) is 0 Å². The summed E-state index contributed by atoms with van der Waals surface area (Å²) in [6.45, 7) is -0.833. The maximum absolute atomic E-state index is 13.3. The summed E-state index contributed by atoms with van der Waals surface area (Å²) >= 11 is 5.66. The number of hydrogen-bond donors (Lipinski definition) is 1. The molecule has 0 unspecified atom stereocenters. The molecule has 1 heterocycles. The van der Waals surface area contributed by atoms with Crippen LogP contribution < -0.4 is 9.73 Å². The molecule has 0 bridgehead atoms.